The van der Waals surface area contributed by atoms with E-state index in [1.165, 1.54) is 5.56 Å². The van der Waals surface area contributed by atoms with Gasteiger partial charge in [0.2, 0.25) is 0 Å². The standard InChI is InChI=1S/C13H17BrN2O/c1-11(14)10-15-13(17)16(2)9-8-12-6-4-3-5-7-12/h3-7H,1,8-10H2,2H3,(H,15,17). The van der Waals surface area contributed by atoms with Crippen molar-refractivity contribution in [2.75, 3.05) is 20.1 Å². The van der Waals surface area contributed by atoms with E-state index in [1.54, 1.807) is 11.9 Å². The molecule has 0 aliphatic carbocycles. The summed E-state index contributed by atoms with van der Waals surface area (Å²) in [6.07, 6.45) is 0.861. The number of nitrogens with one attached hydrogen (secondary N) is 1. The average molecular weight is 297 g/mol. The average Bonchev–Trinajstić information content (AvgIpc) is 2.34. The molecule has 0 aliphatic heterocycles. The number of amides is 2. The van der Waals surface area contributed by atoms with Gasteiger partial charge in [-0.1, -0.05) is 52.8 Å². The third kappa shape index (κ3) is 5.54. The molecular weight excluding hydrogens is 280 g/mol. The fourth-order valence-electron chi connectivity index (χ4n) is 1.35. The van der Waals surface area contributed by atoms with Crippen LogP contribution in [0.15, 0.2) is 41.4 Å². The number of carbonyl (C=O) groups excluding carboxylic acids is 1. The van der Waals surface area contributed by atoms with Crippen LogP contribution in [-0.4, -0.2) is 31.1 Å². The molecular formula is C13H17BrN2O. The van der Waals surface area contributed by atoms with E-state index in [2.05, 4.69) is 40.0 Å². The molecule has 0 saturated heterocycles. The molecule has 2 amide bonds. The maximum atomic E-state index is 11.6. The highest BCUT2D eigenvalue weighted by Crippen LogP contribution is 2.01. The number of hydrogen-bond acceptors (Lipinski definition) is 1. The van der Waals surface area contributed by atoms with Crippen molar-refractivity contribution in [2.45, 2.75) is 6.42 Å². The Kier molecular flexibility index (Phi) is 5.77. The van der Waals surface area contributed by atoms with Gasteiger partial charge in [0, 0.05) is 18.1 Å². The molecule has 0 radical (unpaired) electrons. The van der Waals surface area contributed by atoms with E-state index in [9.17, 15) is 4.79 Å². The molecule has 0 bridgehead atoms. The lowest BCUT2D eigenvalue weighted by Crippen LogP contribution is -2.38. The highest BCUT2D eigenvalue weighted by molar-refractivity contribution is 9.11. The zero-order valence-electron chi connectivity index (χ0n) is 9.95. The lowest BCUT2D eigenvalue weighted by atomic mass is 10.1. The maximum absolute atomic E-state index is 11.6. The molecule has 0 spiro atoms. The zero-order valence-corrected chi connectivity index (χ0v) is 11.5. The van der Waals surface area contributed by atoms with Crippen LogP contribution in [0, 0.1) is 0 Å². The molecule has 0 fully saturated rings. The SMILES string of the molecule is C=C(Br)CNC(=O)N(C)CCc1ccccc1. The highest BCUT2D eigenvalue weighted by atomic mass is 79.9. The summed E-state index contributed by atoms with van der Waals surface area (Å²) in [5.74, 6) is 0. The second-order valence-corrected chi connectivity index (χ2v) is 4.95. The van der Waals surface area contributed by atoms with Gasteiger partial charge >= 0.3 is 6.03 Å². The van der Waals surface area contributed by atoms with Crippen molar-refractivity contribution in [1.29, 1.82) is 0 Å². The van der Waals surface area contributed by atoms with Crippen LogP contribution in [-0.2, 0) is 6.42 Å². The Hall–Kier alpha value is -1.29. The molecule has 92 valence electrons. The van der Waals surface area contributed by atoms with E-state index >= 15 is 0 Å². The van der Waals surface area contributed by atoms with Gasteiger partial charge in [0.15, 0.2) is 0 Å². The van der Waals surface area contributed by atoms with Gasteiger partial charge in [0.1, 0.15) is 0 Å². The molecule has 0 heterocycles. The van der Waals surface area contributed by atoms with E-state index in [0.29, 0.717) is 13.1 Å². The van der Waals surface area contributed by atoms with Crippen molar-refractivity contribution in [3.8, 4) is 0 Å². The van der Waals surface area contributed by atoms with Gasteiger partial charge in [-0.25, -0.2) is 4.79 Å². The number of hydrogen-bond donors (Lipinski definition) is 1. The van der Waals surface area contributed by atoms with Gasteiger partial charge in [-0.05, 0) is 12.0 Å². The van der Waals surface area contributed by atoms with Crippen molar-refractivity contribution in [2.24, 2.45) is 0 Å². The molecule has 17 heavy (non-hydrogen) atoms. The van der Waals surface area contributed by atoms with Gasteiger partial charge in [-0.3, -0.25) is 0 Å². The molecule has 4 heteroatoms. The second kappa shape index (κ2) is 7.12. The fraction of sp³-hybridized carbons (Fsp3) is 0.308. The minimum atomic E-state index is -0.0819. The van der Waals surface area contributed by atoms with E-state index in [1.807, 2.05) is 18.2 Å². The first kappa shape index (κ1) is 13.8. The largest absolute Gasteiger partial charge is 0.333 e. The fourth-order valence-corrected chi connectivity index (χ4v) is 1.49. The van der Waals surface area contributed by atoms with Crippen LogP contribution in [0.1, 0.15) is 5.56 Å². The monoisotopic (exact) mass is 296 g/mol. The number of rotatable bonds is 5. The highest BCUT2D eigenvalue weighted by Gasteiger charge is 2.07. The number of likely N-dealkylation sites (N-methyl/N-ethyl adjacent to an activating group) is 1. The molecule has 1 aromatic rings. The summed E-state index contributed by atoms with van der Waals surface area (Å²) in [6, 6.07) is 10.0. The number of nitrogens with zero attached hydrogens (tertiary/aromatic N) is 1. The van der Waals surface area contributed by atoms with Crippen LogP contribution < -0.4 is 5.32 Å². The normalized spacial score (nSPS) is 9.76. The Morgan fingerprint density at radius 1 is 1.41 bits per heavy atom. The molecule has 0 atom stereocenters. The summed E-state index contributed by atoms with van der Waals surface area (Å²) in [5, 5.41) is 2.76. The first-order chi connectivity index (χ1) is 8.09. The van der Waals surface area contributed by atoms with E-state index in [0.717, 1.165) is 10.9 Å². The van der Waals surface area contributed by atoms with Gasteiger partial charge in [0.05, 0.1) is 6.54 Å². The van der Waals surface area contributed by atoms with Gasteiger partial charge in [-0.2, -0.15) is 0 Å². The summed E-state index contributed by atoms with van der Waals surface area (Å²) in [5.41, 5.74) is 1.23. The van der Waals surface area contributed by atoms with E-state index in [4.69, 9.17) is 0 Å². The maximum Gasteiger partial charge on any atom is 0.317 e. The first-order valence-corrected chi connectivity index (χ1v) is 6.25. The second-order valence-electron chi connectivity index (χ2n) is 3.83. The van der Waals surface area contributed by atoms with Crippen molar-refractivity contribution < 1.29 is 4.79 Å². The molecule has 0 aromatic heterocycles. The van der Waals surface area contributed by atoms with Crippen molar-refractivity contribution in [1.82, 2.24) is 10.2 Å². The van der Waals surface area contributed by atoms with Gasteiger partial charge in [0.25, 0.3) is 0 Å². The minimum Gasteiger partial charge on any atom is -0.333 e. The summed E-state index contributed by atoms with van der Waals surface area (Å²) < 4.78 is 0.766. The Balaban J connectivity index is 2.31. The molecule has 0 saturated carbocycles. The van der Waals surface area contributed by atoms with Crippen LogP contribution in [0.25, 0.3) is 0 Å². The third-order valence-electron chi connectivity index (χ3n) is 2.36. The van der Waals surface area contributed by atoms with Crippen LogP contribution in [0.2, 0.25) is 0 Å². The predicted octanol–water partition coefficient (Wildman–Crippen LogP) is 2.78. The van der Waals surface area contributed by atoms with Crippen LogP contribution in [0.4, 0.5) is 4.79 Å². The van der Waals surface area contributed by atoms with Crippen LogP contribution in [0.3, 0.4) is 0 Å². The van der Waals surface area contributed by atoms with E-state index in [-0.39, 0.29) is 6.03 Å². The summed E-state index contributed by atoms with van der Waals surface area (Å²) >= 11 is 3.20. The van der Waals surface area contributed by atoms with Crippen LogP contribution >= 0.6 is 15.9 Å². The smallest absolute Gasteiger partial charge is 0.317 e. The Morgan fingerprint density at radius 3 is 2.65 bits per heavy atom. The number of benzene rings is 1. The lowest BCUT2D eigenvalue weighted by molar-refractivity contribution is 0.210. The number of carbonyl (C=O) groups is 1. The minimum absolute atomic E-state index is 0.0819. The van der Waals surface area contributed by atoms with Crippen molar-refractivity contribution in [3.05, 3.63) is 47.0 Å². The van der Waals surface area contributed by atoms with Crippen molar-refractivity contribution >= 4 is 22.0 Å². The van der Waals surface area contributed by atoms with Crippen LogP contribution in [0.5, 0.6) is 0 Å². The quantitative estimate of drug-likeness (QED) is 0.890. The number of halogens is 1. The summed E-state index contributed by atoms with van der Waals surface area (Å²) in [4.78, 5) is 13.3. The van der Waals surface area contributed by atoms with Gasteiger partial charge in [-0.15, -0.1) is 0 Å². The molecule has 1 N–H and O–H groups in total. The first-order valence-electron chi connectivity index (χ1n) is 5.46. The topological polar surface area (TPSA) is 32.3 Å². The molecule has 3 nitrogen and oxygen atoms in total. The Bertz CT molecular complexity index is 378. The lowest BCUT2D eigenvalue weighted by Gasteiger charge is -2.17. The number of urea groups is 1. The Morgan fingerprint density at radius 2 is 2.06 bits per heavy atom. The van der Waals surface area contributed by atoms with Gasteiger partial charge < -0.3 is 10.2 Å². The summed E-state index contributed by atoms with van der Waals surface area (Å²) in [6.45, 7) is 4.82. The molecule has 0 aliphatic rings. The molecule has 1 rings (SSSR count). The predicted molar refractivity (Wildman–Crippen MR) is 74.2 cm³/mol. The summed E-state index contributed by atoms with van der Waals surface area (Å²) in [7, 11) is 1.79. The molecule has 0 unspecified atom stereocenters. The molecule has 1 aromatic carbocycles. The van der Waals surface area contributed by atoms with E-state index < -0.39 is 0 Å². The third-order valence-corrected chi connectivity index (χ3v) is 2.64. The Labute approximate surface area is 111 Å². The zero-order chi connectivity index (χ0) is 12.7. The van der Waals surface area contributed by atoms with Crippen molar-refractivity contribution in [3.63, 3.8) is 0 Å².